The van der Waals surface area contributed by atoms with E-state index in [1.165, 1.54) is 19.3 Å². The van der Waals surface area contributed by atoms with Gasteiger partial charge < -0.3 is 10.1 Å². The lowest BCUT2D eigenvalue weighted by atomic mass is 10.1. The van der Waals surface area contributed by atoms with Crippen molar-refractivity contribution in [3.8, 4) is 0 Å². The van der Waals surface area contributed by atoms with Crippen molar-refractivity contribution in [2.24, 2.45) is 5.92 Å². The van der Waals surface area contributed by atoms with Crippen LogP contribution in [0.1, 0.15) is 6.42 Å². The van der Waals surface area contributed by atoms with Gasteiger partial charge in [0.2, 0.25) is 0 Å². The Morgan fingerprint density at radius 2 is 2.50 bits per heavy atom. The number of halogens is 1. The lowest BCUT2D eigenvalue weighted by Gasteiger charge is -2.13. The van der Waals surface area contributed by atoms with E-state index in [1.807, 2.05) is 11.8 Å². The van der Waals surface area contributed by atoms with Gasteiger partial charge in [0, 0.05) is 6.54 Å². The highest BCUT2D eigenvalue weighted by molar-refractivity contribution is 9.10. The number of esters is 1. The molecule has 0 saturated carbocycles. The van der Waals surface area contributed by atoms with Gasteiger partial charge in [-0.15, -0.1) is 0 Å². The summed E-state index contributed by atoms with van der Waals surface area (Å²) < 4.78 is 5.99. The van der Waals surface area contributed by atoms with Gasteiger partial charge in [0.1, 0.15) is 11.0 Å². The maximum atomic E-state index is 12.0. The number of rotatable bonds is 5. The van der Waals surface area contributed by atoms with Crippen LogP contribution >= 0.6 is 27.7 Å². The summed E-state index contributed by atoms with van der Waals surface area (Å²) in [6.07, 6.45) is 2.75. The number of hydrogen-bond donors (Lipinski definition) is 1. The van der Waals surface area contributed by atoms with Gasteiger partial charge >= 0.3 is 5.97 Å². The van der Waals surface area contributed by atoms with Gasteiger partial charge in [0.15, 0.2) is 0 Å². The van der Waals surface area contributed by atoms with Gasteiger partial charge in [-0.2, -0.15) is 16.9 Å². The minimum absolute atomic E-state index is 0.187. The van der Waals surface area contributed by atoms with E-state index in [2.05, 4.69) is 31.1 Å². The third-order valence-electron chi connectivity index (χ3n) is 3.10. The first kappa shape index (κ1) is 15.4. The molecule has 6 nitrogen and oxygen atoms in total. The number of hydrogen-bond acceptors (Lipinski definition) is 6. The van der Waals surface area contributed by atoms with Crippen LogP contribution in [0.2, 0.25) is 0 Å². The number of carbonyl (C=O) groups excluding carboxylic acids is 1. The molecule has 110 valence electrons. The first-order valence-electron chi connectivity index (χ1n) is 6.26. The number of ether oxygens (including phenoxy) is 1. The molecular formula is C12H16BrN3O3S. The number of aromatic nitrogens is 2. The second-order valence-corrected chi connectivity index (χ2v) is 6.46. The van der Waals surface area contributed by atoms with E-state index in [4.69, 9.17) is 0 Å². The molecule has 1 atom stereocenters. The second kappa shape index (κ2) is 7.12. The lowest BCUT2D eigenvalue weighted by Crippen LogP contribution is -2.28. The SMILES string of the molecule is COC(=O)Cn1ncc(NCC2CCSC2)c(Br)c1=O. The molecule has 20 heavy (non-hydrogen) atoms. The van der Waals surface area contributed by atoms with Crippen LogP contribution in [-0.4, -0.2) is 40.9 Å². The zero-order chi connectivity index (χ0) is 14.5. The van der Waals surface area contributed by atoms with Gasteiger partial charge in [-0.1, -0.05) is 0 Å². The van der Waals surface area contributed by atoms with Crippen LogP contribution in [0.3, 0.4) is 0 Å². The summed E-state index contributed by atoms with van der Waals surface area (Å²) in [5.41, 5.74) is 0.314. The summed E-state index contributed by atoms with van der Waals surface area (Å²) in [7, 11) is 1.28. The Bertz CT molecular complexity index is 543. The normalized spacial score (nSPS) is 18.0. The van der Waals surface area contributed by atoms with Crippen molar-refractivity contribution in [3.63, 3.8) is 0 Å². The highest BCUT2D eigenvalue weighted by atomic mass is 79.9. The molecular weight excluding hydrogens is 346 g/mol. The van der Waals surface area contributed by atoms with Crippen LogP contribution in [0.25, 0.3) is 0 Å². The Morgan fingerprint density at radius 1 is 1.70 bits per heavy atom. The topological polar surface area (TPSA) is 73.2 Å². The molecule has 1 fully saturated rings. The number of anilines is 1. The number of carbonyl (C=O) groups is 1. The van der Waals surface area contributed by atoms with Gasteiger partial charge in [-0.05, 0) is 39.8 Å². The van der Waals surface area contributed by atoms with E-state index in [0.29, 0.717) is 16.1 Å². The maximum absolute atomic E-state index is 12.0. The van der Waals surface area contributed by atoms with E-state index in [-0.39, 0.29) is 12.1 Å². The van der Waals surface area contributed by atoms with Crippen molar-refractivity contribution in [2.75, 3.05) is 30.5 Å². The largest absolute Gasteiger partial charge is 0.468 e. The summed E-state index contributed by atoms with van der Waals surface area (Å²) in [6, 6.07) is 0. The van der Waals surface area contributed by atoms with Crippen LogP contribution in [0.15, 0.2) is 15.5 Å². The lowest BCUT2D eigenvalue weighted by molar-refractivity contribution is -0.141. The smallest absolute Gasteiger partial charge is 0.327 e. The zero-order valence-electron chi connectivity index (χ0n) is 11.1. The third-order valence-corrected chi connectivity index (χ3v) is 5.09. The summed E-state index contributed by atoms with van der Waals surface area (Å²) in [5.74, 6) is 2.48. The van der Waals surface area contributed by atoms with Crippen molar-refractivity contribution in [1.29, 1.82) is 0 Å². The van der Waals surface area contributed by atoms with Gasteiger partial charge in [-0.3, -0.25) is 9.59 Å². The molecule has 0 amide bonds. The average Bonchev–Trinajstić information content (AvgIpc) is 2.96. The molecule has 1 saturated heterocycles. The molecule has 8 heteroatoms. The molecule has 0 aromatic carbocycles. The molecule has 0 bridgehead atoms. The molecule has 2 heterocycles. The third kappa shape index (κ3) is 3.76. The van der Waals surface area contributed by atoms with E-state index >= 15 is 0 Å². The van der Waals surface area contributed by atoms with E-state index in [1.54, 1.807) is 6.20 Å². The summed E-state index contributed by atoms with van der Waals surface area (Å²) >= 11 is 5.21. The van der Waals surface area contributed by atoms with Gasteiger partial charge in [0.25, 0.3) is 5.56 Å². The molecule has 1 aromatic rings. The number of nitrogens with zero attached hydrogens (tertiary/aromatic N) is 2. The van der Waals surface area contributed by atoms with Gasteiger partial charge in [-0.25, -0.2) is 4.68 Å². The van der Waals surface area contributed by atoms with E-state index in [0.717, 1.165) is 17.0 Å². The predicted molar refractivity (Wildman–Crippen MR) is 82.1 cm³/mol. The fraction of sp³-hybridized carbons (Fsp3) is 0.583. The van der Waals surface area contributed by atoms with Crippen molar-refractivity contribution in [1.82, 2.24) is 9.78 Å². The molecule has 2 rings (SSSR count). The highest BCUT2D eigenvalue weighted by Crippen LogP contribution is 2.24. The van der Waals surface area contributed by atoms with Gasteiger partial charge in [0.05, 0.1) is 19.0 Å². The number of nitrogens with one attached hydrogen (secondary N) is 1. The fourth-order valence-electron chi connectivity index (χ4n) is 1.89. The molecule has 0 radical (unpaired) electrons. The number of thioether (sulfide) groups is 1. The summed E-state index contributed by atoms with van der Waals surface area (Å²) in [4.78, 5) is 23.2. The van der Waals surface area contributed by atoms with Crippen molar-refractivity contribution < 1.29 is 9.53 Å². The molecule has 0 aliphatic carbocycles. The minimum Gasteiger partial charge on any atom is -0.468 e. The van der Waals surface area contributed by atoms with Crippen LogP contribution in [0.4, 0.5) is 5.69 Å². The first-order valence-corrected chi connectivity index (χ1v) is 8.20. The molecule has 1 aliphatic heterocycles. The summed E-state index contributed by atoms with van der Waals surface area (Å²) in [5, 5.41) is 7.22. The van der Waals surface area contributed by atoms with Crippen molar-refractivity contribution in [3.05, 3.63) is 21.0 Å². The second-order valence-electron chi connectivity index (χ2n) is 4.52. The Morgan fingerprint density at radius 3 is 3.15 bits per heavy atom. The Labute approximate surface area is 129 Å². The predicted octanol–water partition coefficient (Wildman–Crippen LogP) is 1.34. The van der Waals surface area contributed by atoms with Crippen molar-refractivity contribution >= 4 is 39.3 Å². The fourth-order valence-corrected chi connectivity index (χ4v) is 3.62. The minimum atomic E-state index is -0.504. The monoisotopic (exact) mass is 361 g/mol. The van der Waals surface area contributed by atoms with Crippen molar-refractivity contribution in [2.45, 2.75) is 13.0 Å². The Kier molecular flexibility index (Phi) is 5.47. The Hall–Kier alpha value is -1.02. The molecule has 1 unspecified atom stereocenters. The molecule has 0 spiro atoms. The highest BCUT2D eigenvalue weighted by Gasteiger charge is 2.17. The number of methoxy groups -OCH3 is 1. The molecule has 1 N–H and O–H groups in total. The van der Waals surface area contributed by atoms with Crippen LogP contribution < -0.4 is 10.9 Å². The first-order chi connectivity index (χ1) is 9.61. The van der Waals surface area contributed by atoms with Crippen LogP contribution in [0.5, 0.6) is 0 Å². The Balaban J connectivity index is 2.05. The van der Waals surface area contributed by atoms with Crippen LogP contribution in [0, 0.1) is 5.92 Å². The quantitative estimate of drug-likeness (QED) is 0.797. The zero-order valence-corrected chi connectivity index (χ0v) is 13.5. The average molecular weight is 362 g/mol. The van der Waals surface area contributed by atoms with Crippen LogP contribution in [-0.2, 0) is 16.1 Å². The van der Waals surface area contributed by atoms with E-state index < -0.39 is 5.97 Å². The standard InChI is InChI=1S/C12H16BrN3O3S/c1-19-10(17)6-16-12(18)11(13)9(5-15-16)14-4-8-2-3-20-7-8/h5,8,14H,2-4,6-7H2,1H3. The molecule has 1 aliphatic rings. The van der Waals surface area contributed by atoms with E-state index in [9.17, 15) is 9.59 Å². The maximum Gasteiger partial charge on any atom is 0.327 e. The molecule has 1 aromatic heterocycles. The summed E-state index contributed by atoms with van der Waals surface area (Å²) in [6.45, 7) is 0.640.